The third-order valence-corrected chi connectivity index (χ3v) is 9.79. The van der Waals surface area contributed by atoms with E-state index in [1.165, 1.54) is 57.8 Å². The van der Waals surface area contributed by atoms with Crippen molar-refractivity contribution >= 4 is 0 Å². The molecular weight excluding hydrogens is 304 g/mol. The highest BCUT2D eigenvalue weighted by atomic mass is 16.3. The fourth-order valence-corrected chi connectivity index (χ4v) is 8.43. The van der Waals surface area contributed by atoms with Crippen molar-refractivity contribution < 1.29 is 5.11 Å². The van der Waals surface area contributed by atoms with Gasteiger partial charge in [0.2, 0.25) is 0 Å². The first-order chi connectivity index (χ1) is 11.9. The highest BCUT2D eigenvalue weighted by Gasteiger charge is 2.58. The largest absolute Gasteiger partial charge is 0.390 e. The van der Waals surface area contributed by atoms with Crippen molar-refractivity contribution in [2.45, 2.75) is 90.1 Å². The van der Waals surface area contributed by atoms with Crippen molar-refractivity contribution in [1.29, 1.82) is 0 Å². The molecular formula is C24H38O. The minimum atomic E-state index is -0.377. The van der Waals surface area contributed by atoms with Gasteiger partial charge in [0.15, 0.2) is 0 Å². The van der Waals surface area contributed by atoms with E-state index in [-0.39, 0.29) is 5.60 Å². The zero-order valence-corrected chi connectivity index (χ0v) is 16.5. The summed E-state index contributed by atoms with van der Waals surface area (Å²) in [5.41, 5.74) is 1.83. The molecule has 1 N–H and O–H groups in total. The van der Waals surface area contributed by atoms with Crippen LogP contribution in [0.1, 0.15) is 84.5 Å². The van der Waals surface area contributed by atoms with Gasteiger partial charge in [0.1, 0.15) is 0 Å². The van der Waals surface area contributed by atoms with Crippen LogP contribution in [-0.4, -0.2) is 10.7 Å². The van der Waals surface area contributed by atoms with Crippen molar-refractivity contribution in [2.24, 2.45) is 46.8 Å². The fraction of sp³-hybridized carbons (Fsp3) is 0.917. The molecule has 25 heavy (non-hydrogen) atoms. The van der Waals surface area contributed by atoms with Gasteiger partial charge in [-0.05, 0) is 124 Å². The molecule has 0 aliphatic heterocycles. The molecule has 0 heterocycles. The predicted octanol–water partition coefficient (Wildman–Crippen LogP) is 5.97. The average molecular weight is 343 g/mol. The van der Waals surface area contributed by atoms with Gasteiger partial charge in [-0.3, -0.25) is 0 Å². The minimum Gasteiger partial charge on any atom is -0.390 e. The van der Waals surface area contributed by atoms with E-state index >= 15 is 0 Å². The van der Waals surface area contributed by atoms with Crippen LogP contribution in [0, 0.1) is 46.8 Å². The topological polar surface area (TPSA) is 20.2 Å². The molecule has 0 spiro atoms. The zero-order valence-electron chi connectivity index (χ0n) is 16.5. The first-order valence-electron chi connectivity index (χ1n) is 11.3. The molecule has 1 nitrogen and oxygen atoms in total. The highest BCUT2D eigenvalue weighted by Crippen LogP contribution is 2.66. The van der Waals surface area contributed by atoms with Crippen LogP contribution in [0.15, 0.2) is 12.2 Å². The standard InChI is InChI=1S/C24H38O/c1-15(16-4-5-16)21-8-9-22-20-7-6-17-14-23(2,25)12-10-18(17)19(20)11-13-24(21,22)3/h16-22,25H,1,4-14H2,2-3H3/t17-,18+,19-,20-,21+,22+,23-,24-/m1/s1. The van der Waals surface area contributed by atoms with Gasteiger partial charge in [-0.25, -0.2) is 0 Å². The summed E-state index contributed by atoms with van der Waals surface area (Å²) in [6, 6.07) is 0. The number of hydrogen-bond donors (Lipinski definition) is 1. The van der Waals surface area contributed by atoms with Gasteiger partial charge in [0.25, 0.3) is 0 Å². The molecule has 0 unspecified atom stereocenters. The molecule has 0 aromatic heterocycles. The summed E-state index contributed by atoms with van der Waals surface area (Å²) < 4.78 is 0. The lowest BCUT2D eigenvalue weighted by molar-refractivity contribution is -0.0979. The summed E-state index contributed by atoms with van der Waals surface area (Å²) >= 11 is 0. The Labute approximate surface area is 154 Å². The van der Waals surface area contributed by atoms with Crippen LogP contribution in [0.5, 0.6) is 0 Å². The highest BCUT2D eigenvalue weighted by molar-refractivity contribution is 5.20. The van der Waals surface area contributed by atoms with E-state index in [0.717, 1.165) is 54.3 Å². The molecule has 0 radical (unpaired) electrons. The smallest absolute Gasteiger partial charge is 0.0622 e. The van der Waals surface area contributed by atoms with Gasteiger partial charge in [-0.2, -0.15) is 0 Å². The molecule has 0 amide bonds. The molecule has 0 aromatic rings. The number of rotatable bonds is 2. The fourth-order valence-electron chi connectivity index (χ4n) is 8.43. The second kappa shape index (κ2) is 5.60. The number of hydrogen-bond acceptors (Lipinski definition) is 1. The first kappa shape index (κ1) is 16.8. The summed E-state index contributed by atoms with van der Waals surface area (Å²) in [4.78, 5) is 0. The van der Waals surface area contributed by atoms with Gasteiger partial charge < -0.3 is 5.11 Å². The van der Waals surface area contributed by atoms with Crippen molar-refractivity contribution in [3.05, 3.63) is 12.2 Å². The maximum atomic E-state index is 10.5. The Hall–Kier alpha value is -0.300. The van der Waals surface area contributed by atoms with Gasteiger partial charge in [-0.15, -0.1) is 0 Å². The normalized spacial score (nSPS) is 55.2. The SMILES string of the molecule is C=C(C1CC1)[C@@H]1CC[C@H]2[C@@H]3CC[C@@H]4C[C@](C)(O)CC[C@@H]4[C@H]3CC[C@]12C. The van der Waals surface area contributed by atoms with Crippen LogP contribution in [0.4, 0.5) is 0 Å². The zero-order chi connectivity index (χ0) is 17.4. The minimum absolute atomic E-state index is 0.377. The molecule has 140 valence electrons. The summed E-state index contributed by atoms with van der Waals surface area (Å²) in [7, 11) is 0. The number of aliphatic hydroxyl groups is 1. The Morgan fingerprint density at radius 1 is 0.840 bits per heavy atom. The van der Waals surface area contributed by atoms with Crippen molar-refractivity contribution in [3.8, 4) is 0 Å². The second-order valence-corrected chi connectivity index (χ2v) is 11.2. The van der Waals surface area contributed by atoms with Crippen LogP contribution in [-0.2, 0) is 0 Å². The Bertz CT molecular complexity index is 558. The van der Waals surface area contributed by atoms with Gasteiger partial charge >= 0.3 is 0 Å². The monoisotopic (exact) mass is 342 g/mol. The van der Waals surface area contributed by atoms with E-state index in [1.54, 1.807) is 5.57 Å². The Balaban J connectivity index is 1.36. The molecule has 5 rings (SSSR count). The van der Waals surface area contributed by atoms with Crippen molar-refractivity contribution in [2.75, 3.05) is 0 Å². The number of allylic oxidation sites excluding steroid dienone is 1. The van der Waals surface area contributed by atoms with Gasteiger partial charge in [-0.1, -0.05) is 19.1 Å². The molecule has 5 fully saturated rings. The van der Waals surface area contributed by atoms with E-state index in [2.05, 4.69) is 20.4 Å². The molecule has 1 heteroatoms. The molecule has 0 aromatic carbocycles. The predicted molar refractivity (Wildman–Crippen MR) is 103 cm³/mol. The van der Waals surface area contributed by atoms with Crippen molar-refractivity contribution in [3.63, 3.8) is 0 Å². The first-order valence-corrected chi connectivity index (χ1v) is 11.3. The van der Waals surface area contributed by atoms with Crippen molar-refractivity contribution in [1.82, 2.24) is 0 Å². The third kappa shape index (κ3) is 2.59. The van der Waals surface area contributed by atoms with Gasteiger partial charge in [0.05, 0.1) is 5.60 Å². The van der Waals surface area contributed by atoms with E-state index in [1.807, 2.05) is 0 Å². The maximum absolute atomic E-state index is 10.5. The summed E-state index contributed by atoms with van der Waals surface area (Å²) in [6.07, 6.45) is 14.9. The van der Waals surface area contributed by atoms with E-state index in [9.17, 15) is 5.11 Å². The van der Waals surface area contributed by atoms with E-state index in [0.29, 0.717) is 5.41 Å². The Kier molecular flexibility index (Phi) is 3.77. The van der Waals surface area contributed by atoms with Crippen LogP contribution in [0.3, 0.4) is 0 Å². The van der Waals surface area contributed by atoms with Crippen LogP contribution >= 0.6 is 0 Å². The van der Waals surface area contributed by atoms with Gasteiger partial charge in [0, 0.05) is 0 Å². The lowest BCUT2D eigenvalue weighted by Gasteiger charge is -2.57. The molecule has 8 atom stereocenters. The van der Waals surface area contributed by atoms with Crippen LogP contribution < -0.4 is 0 Å². The lowest BCUT2D eigenvalue weighted by atomic mass is 9.48. The maximum Gasteiger partial charge on any atom is 0.0622 e. The second-order valence-electron chi connectivity index (χ2n) is 11.2. The summed E-state index contributed by atoms with van der Waals surface area (Å²) in [5.74, 6) is 6.38. The quantitative estimate of drug-likeness (QED) is 0.613. The Morgan fingerprint density at radius 3 is 2.36 bits per heavy atom. The van der Waals surface area contributed by atoms with Crippen LogP contribution in [0.2, 0.25) is 0 Å². The summed E-state index contributed by atoms with van der Waals surface area (Å²) in [5, 5.41) is 10.5. The molecule has 0 bridgehead atoms. The molecule has 5 aliphatic carbocycles. The van der Waals surface area contributed by atoms with E-state index < -0.39 is 0 Å². The van der Waals surface area contributed by atoms with Crippen LogP contribution in [0.25, 0.3) is 0 Å². The third-order valence-electron chi connectivity index (χ3n) is 9.79. The number of fused-ring (bicyclic) bond motifs is 5. The lowest BCUT2D eigenvalue weighted by Crippen LogP contribution is -2.50. The van der Waals surface area contributed by atoms with E-state index in [4.69, 9.17) is 0 Å². The summed E-state index contributed by atoms with van der Waals surface area (Å²) in [6.45, 7) is 9.32. The Morgan fingerprint density at radius 2 is 1.60 bits per heavy atom. The molecule has 5 saturated carbocycles. The molecule has 0 saturated heterocycles. The average Bonchev–Trinajstić information content (AvgIpc) is 3.35. The molecule has 5 aliphatic rings.